The first kappa shape index (κ1) is 19.7. The molecule has 0 radical (unpaired) electrons. The third-order valence-electron chi connectivity index (χ3n) is 4.56. The van der Waals surface area contributed by atoms with E-state index >= 15 is 0 Å². The van der Waals surface area contributed by atoms with E-state index in [0.29, 0.717) is 16.8 Å². The standard InChI is InChI=1S/C21H16N6O4/c28-20(14-4-6-22-7-5-14)26-15-3-1-2-13(8-15)11-23-18-10-17-16(9-19(18)27(30)31)21(29)25-12-24-17/h1-10,12,23H,11H2,(H,26,28)(H,24,25,29). The van der Waals surface area contributed by atoms with E-state index in [9.17, 15) is 19.7 Å². The fraction of sp³-hybridized carbons (Fsp3) is 0.0476. The van der Waals surface area contributed by atoms with Gasteiger partial charge in [-0.15, -0.1) is 0 Å². The molecule has 0 bridgehead atoms. The highest BCUT2D eigenvalue weighted by Gasteiger charge is 2.17. The van der Waals surface area contributed by atoms with Gasteiger partial charge in [0.25, 0.3) is 17.2 Å². The lowest BCUT2D eigenvalue weighted by molar-refractivity contribution is -0.383. The fourth-order valence-electron chi connectivity index (χ4n) is 3.06. The van der Waals surface area contributed by atoms with Gasteiger partial charge < -0.3 is 15.6 Å². The molecular weight excluding hydrogens is 400 g/mol. The van der Waals surface area contributed by atoms with E-state index in [4.69, 9.17) is 0 Å². The molecule has 0 aliphatic rings. The van der Waals surface area contributed by atoms with E-state index in [1.165, 1.54) is 30.9 Å². The molecule has 0 aliphatic heterocycles. The zero-order chi connectivity index (χ0) is 21.8. The molecule has 1 amide bonds. The number of amides is 1. The van der Waals surface area contributed by atoms with Gasteiger partial charge in [0.1, 0.15) is 5.69 Å². The molecule has 0 fully saturated rings. The van der Waals surface area contributed by atoms with Gasteiger partial charge in [-0.3, -0.25) is 24.7 Å². The van der Waals surface area contributed by atoms with Gasteiger partial charge in [0.05, 0.1) is 22.2 Å². The zero-order valence-corrected chi connectivity index (χ0v) is 16.0. The van der Waals surface area contributed by atoms with Crippen molar-refractivity contribution >= 4 is 33.9 Å². The summed E-state index contributed by atoms with van der Waals surface area (Å²) in [6.07, 6.45) is 4.32. The number of nitro benzene ring substituents is 1. The van der Waals surface area contributed by atoms with E-state index in [2.05, 4.69) is 25.6 Å². The molecule has 4 aromatic rings. The number of H-pyrrole nitrogens is 1. The van der Waals surface area contributed by atoms with Crippen LogP contribution < -0.4 is 16.2 Å². The highest BCUT2D eigenvalue weighted by Crippen LogP contribution is 2.28. The number of nitro groups is 1. The molecule has 10 nitrogen and oxygen atoms in total. The quantitative estimate of drug-likeness (QED) is 0.324. The highest BCUT2D eigenvalue weighted by atomic mass is 16.6. The molecule has 0 spiro atoms. The summed E-state index contributed by atoms with van der Waals surface area (Å²) in [4.78, 5) is 45.5. The highest BCUT2D eigenvalue weighted by molar-refractivity contribution is 6.04. The van der Waals surface area contributed by atoms with Crippen molar-refractivity contribution in [3.05, 3.63) is 98.8 Å². The van der Waals surface area contributed by atoms with Crippen LogP contribution in [0, 0.1) is 10.1 Å². The first-order chi connectivity index (χ1) is 15.0. The lowest BCUT2D eigenvalue weighted by atomic mass is 10.1. The van der Waals surface area contributed by atoms with Gasteiger partial charge in [-0.2, -0.15) is 0 Å². The van der Waals surface area contributed by atoms with Gasteiger partial charge in [-0.1, -0.05) is 12.1 Å². The lowest BCUT2D eigenvalue weighted by Gasteiger charge is -2.10. The average Bonchev–Trinajstić information content (AvgIpc) is 2.78. The van der Waals surface area contributed by atoms with Crippen molar-refractivity contribution in [1.29, 1.82) is 0 Å². The van der Waals surface area contributed by atoms with Crippen LogP contribution in [0.4, 0.5) is 17.1 Å². The minimum absolute atomic E-state index is 0.139. The topological polar surface area (TPSA) is 143 Å². The minimum Gasteiger partial charge on any atom is -0.375 e. The van der Waals surface area contributed by atoms with E-state index in [0.717, 1.165) is 5.56 Å². The van der Waals surface area contributed by atoms with Crippen LogP contribution in [-0.4, -0.2) is 25.8 Å². The Hall–Kier alpha value is -4.60. The van der Waals surface area contributed by atoms with Crippen LogP contribution in [0.1, 0.15) is 15.9 Å². The summed E-state index contributed by atoms with van der Waals surface area (Å²) in [7, 11) is 0. The van der Waals surface area contributed by atoms with E-state index in [1.807, 2.05) is 6.07 Å². The molecule has 0 saturated carbocycles. The maximum atomic E-state index is 12.3. The van der Waals surface area contributed by atoms with Crippen LogP contribution in [0.2, 0.25) is 0 Å². The second-order valence-electron chi connectivity index (χ2n) is 6.62. The summed E-state index contributed by atoms with van der Waals surface area (Å²) in [5, 5.41) is 17.4. The van der Waals surface area contributed by atoms with E-state index in [-0.39, 0.29) is 29.2 Å². The predicted octanol–water partition coefficient (Wildman–Crippen LogP) is 3.09. The number of fused-ring (bicyclic) bond motifs is 1. The Morgan fingerprint density at radius 3 is 2.71 bits per heavy atom. The van der Waals surface area contributed by atoms with Crippen molar-refractivity contribution in [2.75, 3.05) is 10.6 Å². The Morgan fingerprint density at radius 2 is 1.94 bits per heavy atom. The van der Waals surface area contributed by atoms with Crippen LogP contribution in [0.15, 0.2) is 72.0 Å². The van der Waals surface area contributed by atoms with Crippen molar-refractivity contribution < 1.29 is 9.72 Å². The molecule has 2 aromatic carbocycles. The van der Waals surface area contributed by atoms with Crippen LogP contribution in [0.3, 0.4) is 0 Å². The van der Waals surface area contributed by atoms with Gasteiger partial charge in [-0.25, -0.2) is 4.98 Å². The molecule has 0 unspecified atom stereocenters. The number of pyridine rings is 1. The van der Waals surface area contributed by atoms with Crippen molar-refractivity contribution in [1.82, 2.24) is 15.0 Å². The fourth-order valence-corrected chi connectivity index (χ4v) is 3.06. The summed E-state index contributed by atoms with van der Waals surface area (Å²) in [5.74, 6) is -0.269. The SMILES string of the molecule is O=C(Nc1cccc(CNc2cc3nc[nH]c(=O)c3cc2[N+](=O)[O-])c1)c1ccncc1. The number of hydrogen-bond acceptors (Lipinski definition) is 7. The average molecular weight is 416 g/mol. The molecule has 0 saturated heterocycles. The molecule has 10 heteroatoms. The number of benzene rings is 2. The molecule has 3 N–H and O–H groups in total. The lowest BCUT2D eigenvalue weighted by Crippen LogP contribution is -2.12. The summed E-state index contributed by atoms with van der Waals surface area (Å²) in [6.45, 7) is 0.258. The number of nitrogens with zero attached hydrogens (tertiary/aromatic N) is 3. The maximum Gasteiger partial charge on any atom is 0.293 e. The van der Waals surface area contributed by atoms with Gasteiger partial charge in [0.15, 0.2) is 0 Å². The number of nitrogens with one attached hydrogen (secondary N) is 3. The van der Waals surface area contributed by atoms with Gasteiger partial charge in [0.2, 0.25) is 0 Å². The third-order valence-corrected chi connectivity index (χ3v) is 4.56. The monoisotopic (exact) mass is 416 g/mol. The minimum atomic E-state index is -0.556. The van der Waals surface area contributed by atoms with E-state index in [1.54, 1.807) is 30.3 Å². The van der Waals surface area contributed by atoms with Crippen molar-refractivity contribution in [2.24, 2.45) is 0 Å². The zero-order valence-electron chi connectivity index (χ0n) is 16.0. The molecule has 2 aromatic heterocycles. The Morgan fingerprint density at radius 1 is 1.13 bits per heavy atom. The van der Waals surface area contributed by atoms with Crippen LogP contribution in [0.25, 0.3) is 10.9 Å². The Kier molecular flexibility index (Phi) is 5.35. The molecule has 4 rings (SSSR count). The number of anilines is 2. The molecule has 2 heterocycles. The largest absolute Gasteiger partial charge is 0.375 e. The Labute approximate surface area is 175 Å². The molecule has 31 heavy (non-hydrogen) atoms. The summed E-state index contributed by atoms with van der Waals surface area (Å²) in [5.41, 5.74) is 1.76. The first-order valence-electron chi connectivity index (χ1n) is 9.21. The second-order valence-corrected chi connectivity index (χ2v) is 6.62. The van der Waals surface area contributed by atoms with Crippen molar-refractivity contribution in [2.45, 2.75) is 6.54 Å². The summed E-state index contributed by atoms with van der Waals surface area (Å²) in [6, 6.07) is 13.0. The van der Waals surface area contributed by atoms with Crippen LogP contribution in [-0.2, 0) is 6.54 Å². The van der Waals surface area contributed by atoms with Gasteiger partial charge in [0, 0.05) is 36.3 Å². The van der Waals surface area contributed by atoms with Crippen LogP contribution in [0.5, 0.6) is 0 Å². The summed E-state index contributed by atoms with van der Waals surface area (Å²) < 4.78 is 0. The number of aromatic amines is 1. The normalized spacial score (nSPS) is 10.6. The number of carbonyl (C=O) groups excluding carboxylic acids is 1. The first-order valence-corrected chi connectivity index (χ1v) is 9.21. The Balaban J connectivity index is 1.54. The number of rotatable bonds is 6. The molecule has 0 aliphatic carbocycles. The molecule has 0 atom stereocenters. The summed E-state index contributed by atoms with van der Waals surface area (Å²) >= 11 is 0. The Bertz CT molecular complexity index is 1340. The molecular formula is C21H16N6O4. The number of aromatic nitrogens is 3. The molecule has 154 valence electrons. The number of hydrogen-bond donors (Lipinski definition) is 3. The predicted molar refractivity (Wildman–Crippen MR) is 115 cm³/mol. The third kappa shape index (κ3) is 4.37. The smallest absolute Gasteiger partial charge is 0.293 e. The number of carbonyl (C=O) groups is 1. The van der Waals surface area contributed by atoms with Gasteiger partial charge >= 0.3 is 0 Å². The second kappa shape index (κ2) is 8.41. The van der Waals surface area contributed by atoms with Crippen LogP contribution >= 0.6 is 0 Å². The van der Waals surface area contributed by atoms with Crippen molar-refractivity contribution in [3.8, 4) is 0 Å². The van der Waals surface area contributed by atoms with Crippen molar-refractivity contribution in [3.63, 3.8) is 0 Å². The van der Waals surface area contributed by atoms with Gasteiger partial charge in [-0.05, 0) is 35.9 Å². The maximum absolute atomic E-state index is 12.3. The van der Waals surface area contributed by atoms with E-state index < -0.39 is 10.5 Å².